The van der Waals surface area contributed by atoms with E-state index in [2.05, 4.69) is 129 Å². The van der Waals surface area contributed by atoms with E-state index < -0.39 is 21.3 Å². The fourth-order valence-corrected chi connectivity index (χ4v) is 15.1. The van der Waals surface area contributed by atoms with Gasteiger partial charge in [-0.1, -0.05) is 0 Å². The van der Waals surface area contributed by atoms with E-state index in [1.54, 1.807) is 17.6 Å². The van der Waals surface area contributed by atoms with Crippen molar-refractivity contribution in [3.8, 4) is 0 Å². The molecule has 0 N–H and O–H groups in total. The van der Waals surface area contributed by atoms with Crippen molar-refractivity contribution in [2.75, 3.05) is 0 Å². The van der Waals surface area contributed by atoms with Gasteiger partial charge in [-0.2, -0.15) is 0 Å². The molecule has 0 saturated carbocycles. The molecule has 0 aliphatic heterocycles. The molecule has 0 fully saturated rings. The van der Waals surface area contributed by atoms with E-state index in [0.29, 0.717) is 3.63 Å². The normalized spacial score (nSPS) is 14.8. The van der Waals surface area contributed by atoms with Crippen LogP contribution in [0, 0.1) is 0 Å². The predicted molar refractivity (Wildman–Crippen MR) is 163 cm³/mol. The van der Waals surface area contributed by atoms with E-state index in [1.807, 2.05) is 0 Å². The Bertz CT molecular complexity index is 2080. The van der Waals surface area contributed by atoms with Crippen molar-refractivity contribution in [1.82, 2.24) is 0 Å². The number of benzene rings is 6. The maximum absolute atomic E-state index is 2.61. The average molecular weight is 635 g/mol. The summed E-state index contributed by atoms with van der Waals surface area (Å²) >= 11 is -2.30. The van der Waals surface area contributed by atoms with Crippen LogP contribution < -0.4 is 24.8 Å². The van der Waals surface area contributed by atoms with Crippen molar-refractivity contribution in [3.05, 3.63) is 131 Å². The van der Waals surface area contributed by atoms with Crippen LogP contribution in [0.1, 0.15) is 39.7 Å². The minimum absolute atomic E-state index is 0. The number of allylic oxidation sites excluding steroid dienone is 2. The second-order valence-electron chi connectivity index (χ2n) is 11.0. The van der Waals surface area contributed by atoms with E-state index >= 15 is 0 Å². The summed E-state index contributed by atoms with van der Waals surface area (Å²) in [5.74, 6) is 0. The Hall–Kier alpha value is -2.83. The summed E-state index contributed by atoms with van der Waals surface area (Å²) in [6.07, 6.45) is 8.63. The molecule has 0 amide bonds. The summed E-state index contributed by atoms with van der Waals surface area (Å²) in [5, 5.41) is 11.1. The molecule has 0 radical (unpaired) electrons. The molecule has 8 rings (SSSR count). The Labute approximate surface area is 255 Å². The van der Waals surface area contributed by atoms with Gasteiger partial charge in [0.25, 0.3) is 0 Å². The Kier molecular flexibility index (Phi) is 7.20. The molecule has 6 aromatic carbocycles. The summed E-state index contributed by atoms with van der Waals surface area (Å²) in [7, 11) is 0. The van der Waals surface area contributed by atoms with Crippen LogP contribution in [0.5, 0.6) is 0 Å². The van der Waals surface area contributed by atoms with E-state index in [9.17, 15) is 0 Å². The zero-order valence-corrected chi connectivity index (χ0v) is 26.5. The average Bonchev–Trinajstić information content (AvgIpc) is 3.57. The first-order valence-electron chi connectivity index (χ1n) is 13.6. The van der Waals surface area contributed by atoms with Crippen LogP contribution in [-0.4, -0.2) is 3.21 Å². The van der Waals surface area contributed by atoms with Crippen molar-refractivity contribution < 1.29 is 46.1 Å². The van der Waals surface area contributed by atoms with Crippen molar-refractivity contribution in [2.45, 2.75) is 23.9 Å². The predicted octanol–water partition coefficient (Wildman–Crippen LogP) is 3.80. The van der Waals surface area contributed by atoms with E-state index in [4.69, 9.17) is 0 Å². The molecule has 1 atom stereocenters. The first-order chi connectivity index (χ1) is 18.7. The summed E-state index contributed by atoms with van der Waals surface area (Å²) < 4.78 is 3.88. The second kappa shape index (κ2) is 10.5. The first-order valence-corrected chi connectivity index (χ1v) is 17.5. The van der Waals surface area contributed by atoms with Crippen LogP contribution in [-0.2, 0) is 27.7 Å². The Balaban J connectivity index is 0.00000145. The minimum atomic E-state index is -2.30. The molecule has 0 bridgehead atoms. The monoisotopic (exact) mass is 632 g/mol. The summed E-state index contributed by atoms with van der Waals surface area (Å²) in [4.78, 5) is 0. The van der Waals surface area contributed by atoms with Gasteiger partial charge < -0.3 is 24.8 Å². The van der Waals surface area contributed by atoms with Gasteiger partial charge in [-0.25, -0.2) is 0 Å². The molecular weight excluding hydrogens is 607 g/mol. The van der Waals surface area contributed by atoms with Gasteiger partial charge >= 0.3 is 232 Å². The zero-order valence-electron chi connectivity index (χ0n) is 22.5. The van der Waals surface area contributed by atoms with Gasteiger partial charge in [-0.15, -0.1) is 0 Å². The molecule has 0 heterocycles. The van der Waals surface area contributed by atoms with Crippen LogP contribution in [0.3, 0.4) is 0 Å². The fraction of sp³-hybridized carbons (Fsp3) is 0.108. The quantitative estimate of drug-likeness (QED) is 0.255. The van der Waals surface area contributed by atoms with E-state index in [1.165, 1.54) is 54.2 Å². The third-order valence-corrected chi connectivity index (χ3v) is 16.7. The third-order valence-electron chi connectivity index (χ3n) is 8.72. The van der Waals surface area contributed by atoms with Crippen LogP contribution in [0.4, 0.5) is 0 Å². The van der Waals surface area contributed by atoms with Crippen LogP contribution in [0.25, 0.3) is 52.4 Å². The molecule has 3 heteroatoms. The Morgan fingerprint density at radius 1 is 0.650 bits per heavy atom. The van der Waals surface area contributed by atoms with Gasteiger partial charge in [0.05, 0.1) is 0 Å². The molecular formula is C37H28Cl2Zr. The van der Waals surface area contributed by atoms with Crippen LogP contribution in [0.15, 0.2) is 109 Å². The van der Waals surface area contributed by atoms with Crippen molar-refractivity contribution in [1.29, 1.82) is 0 Å². The van der Waals surface area contributed by atoms with Gasteiger partial charge in [0.2, 0.25) is 0 Å². The third kappa shape index (κ3) is 4.01. The SMILES string of the molecule is C[C](C)=[Zr+2]([C]1=CCc2c1ccc1ccc3ccccc3c21)[CH]1C=Cc2ccc3ccc4ccccc4c3c21.[Cl-].[Cl-]. The molecule has 2 aliphatic carbocycles. The molecule has 6 aromatic rings. The number of fused-ring (bicyclic) bond motifs is 10. The fourth-order valence-electron chi connectivity index (χ4n) is 7.11. The summed E-state index contributed by atoms with van der Waals surface area (Å²) in [5.41, 5.74) is 6.06. The van der Waals surface area contributed by atoms with Gasteiger partial charge in [0.15, 0.2) is 0 Å². The molecule has 0 spiro atoms. The first kappa shape index (κ1) is 27.3. The van der Waals surface area contributed by atoms with Gasteiger partial charge in [-0.3, -0.25) is 0 Å². The Morgan fingerprint density at radius 3 is 1.93 bits per heavy atom. The van der Waals surface area contributed by atoms with Gasteiger partial charge in [-0.05, 0) is 0 Å². The van der Waals surface area contributed by atoms with Crippen LogP contribution in [0.2, 0.25) is 0 Å². The number of hydrogen-bond donors (Lipinski definition) is 0. The topological polar surface area (TPSA) is 0 Å². The molecule has 0 aromatic heterocycles. The molecule has 194 valence electrons. The molecule has 0 saturated heterocycles. The number of hydrogen-bond acceptors (Lipinski definition) is 0. The smallest absolute Gasteiger partial charge is 1.00 e. The van der Waals surface area contributed by atoms with E-state index in [0.717, 1.165) is 6.42 Å². The van der Waals surface area contributed by atoms with Crippen LogP contribution >= 0.6 is 0 Å². The molecule has 0 nitrogen and oxygen atoms in total. The zero-order chi connectivity index (χ0) is 25.4. The molecule has 2 aliphatic rings. The maximum Gasteiger partial charge on any atom is -1.00 e. The van der Waals surface area contributed by atoms with E-state index in [-0.39, 0.29) is 24.8 Å². The molecule has 1 unspecified atom stereocenters. The number of rotatable bonds is 2. The largest absolute Gasteiger partial charge is 1.00 e. The standard InChI is InChI=1S/2C17H11.C3H6.2ClH.Zr/c2*1-2-6-15-12(4-1)8-10-14-11-9-13-5-3-7-16(13)17(14)15;1-3-2;;;/h1-4,6,8-11H,7H2;1-11H;1-2H3;2*1H;/q;;;;;+2/p-2. The summed E-state index contributed by atoms with van der Waals surface area (Å²) in [6.45, 7) is 4.83. The second-order valence-corrected chi connectivity index (χ2v) is 18.3. The summed E-state index contributed by atoms with van der Waals surface area (Å²) in [6, 6.07) is 36.5. The maximum atomic E-state index is 2.61. The van der Waals surface area contributed by atoms with Crippen molar-refractivity contribution in [3.63, 3.8) is 0 Å². The van der Waals surface area contributed by atoms with Gasteiger partial charge in [0, 0.05) is 0 Å². The number of halogens is 2. The Morgan fingerprint density at radius 2 is 1.23 bits per heavy atom. The van der Waals surface area contributed by atoms with Crippen molar-refractivity contribution >= 4 is 55.7 Å². The minimum Gasteiger partial charge on any atom is -1.00 e. The van der Waals surface area contributed by atoms with Crippen molar-refractivity contribution in [2.24, 2.45) is 0 Å². The van der Waals surface area contributed by atoms with Gasteiger partial charge in [0.1, 0.15) is 0 Å². The molecule has 40 heavy (non-hydrogen) atoms.